The average Bonchev–Trinajstić information content (AvgIpc) is 2.92. The van der Waals surface area contributed by atoms with Gasteiger partial charge in [-0.15, -0.1) is 0 Å². The number of carbonyl (C=O) groups excluding carboxylic acids is 1. The lowest BCUT2D eigenvalue weighted by Gasteiger charge is -2.10. The lowest BCUT2D eigenvalue weighted by atomic mass is 10.1. The molecule has 0 atom stereocenters. The fourth-order valence-corrected chi connectivity index (χ4v) is 4.05. The zero-order chi connectivity index (χ0) is 26.0. The van der Waals surface area contributed by atoms with E-state index in [0.29, 0.717) is 36.0 Å². The van der Waals surface area contributed by atoms with Crippen molar-refractivity contribution in [3.05, 3.63) is 129 Å². The van der Waals surface area contributed by atoms with Crippen LogP contribution in [0, 0.1) is 20.7 Å². The molecule has 4 aromatic rings. The fourth-order valence-electron chi connectivity index (χ4n) is 3.35. The third-order valence-electron chi connectivity index (χ3n) is 5.30. The van der Waals surface area contributed by atoms with E-state index >= 15 is 0 Å². The molecule has 0 spiro atoms. The van der Waals surface area contributed by atoms with Gasteiger partial charge in [-0.3, -0.25) is 4.79 Å². The highest BCUT2D eigenvalue weighted by molar-refractivity contribution is 14.1. The van der Waals surface area contributed by atoms with Gasteiger partial charge in [0.1, 0.15) is 42.2 Å². The number of anilines is 1. The third-order valence-corrected chi connectivity index (χ3v) is 6.14. The molecule has 1 N–H and O–H groups in total. The molecule has 0 saturated heterocycles. The van der Waals surface area contributed by atoms with Crippen LogP contribution in [0.4, 0.5) is 10.1 Å². The smallest absolute Gasteiger partial charge is 0.266 e. The first-order valence-corrected chi connectivity index (χ1v) is 12.4. The molecule has 4 rings (SSSR count). The predicted molar refractivity (Wildman–Crippen MR) is 149 cm³/mol. The van der Waals surface area contributed by atoms with E-state index in [4.69, 9.17) is 9.47 Å². The Labute approximate surface area is 228 Å². The van der Waals surface area contributed by atoms with Gasteiger partial charge in [0.25, 0.3) is 5.91 Å². The molecular formula is C30H22FIN2O3. The summed E-state index contributed by atoms with van der Waals surface area (Å²) in [6.45, 7) is 0.746. The maximum atomic E-state index is 13.1. The van der Waals surface area contributed by atoms with Crippen LogP contribution in [0.1, 0.15) is 16.7 Å². The first kappa shape index (κ1) is 25.9. The Balaban J connectivity index is 1.35. The first-order chi connectivity index (χ1) is 18.0. The summed E-state index contributed by atoms with van der Waals surface area (Å²) in [5.41, 5.74) is 3.12. The van der Waals surface area contributed by atoms with Crippen LogP contribution in [0.25, 0.3) is 6.08 Å². The highest BCUT2D eigenvalue weighted by atomic mass is 127. The van der Waals surface area contributed by atoms with Gasteiger partial charge < -0.3 is 14.8 Å². The minimum atomic E-state index is -0.507. The van der Waals surface area contributed by atoms with Crippen LogP contribution in [0.5, 0.6) is 11.5 Å². The molecule has 0 heterocycles. The first-order valence-electron chi connectivity index (χ1n) is 11.4. The predicted octanol–water partition coefficient (Wildman–Crippen LogP) is 7.13. The summed E-state index contributed by atoms with van der Waals surface area (Å²) in [6.07, 6.45) is 1.53. The molecule has 184 valence electrons. The number of hydrogen-bond acceptors (Lipinski definition) is 4. The Morgan fingerprint density at radius 1 is 0.892 bits per heavy atom. The second kappa shape index (κ2) is 12.7. The largest absolute Gasteiger partial charge is 0.489 e. The number of nitriles is 1. The van der Waals surface area contributed by atoms with Crippen molar-refractivity contribution in [1.82, 2.24) is 0 Å². The van der Waals surface area contributed by atoms with Crippen LogP contribution < -0.4 is 14.8 Å². The summed E-state index contributed by atoms with van der Waals surface area (Å²) < 4.78 is 25.5. The fraction of sp³-hybridized carbons (Fsp3) is 0.0667. The molecule has 1 amide bonds. The molecule has 0 aliphatic rings. The minimum Gasteiger partial charge on any atom is -0.489 e. The molecule has 0 bridgehead atoms. The van der Waals surface area contributed by atoms with E-state index in [1.807, 2.05) is 42.5 Å². The van der Waals surface area contributed by atoms with Gasteiger partial charge in [0.05, 0.1) is 3.57 Å². The number of amides is 1. The lowest BCUT2D eigenvalue weighted by molar-refractivity contribution is -0.112. The SMILES string of the molecule is N#C/C(=C\c1ccc(OCc2ccc(F)cc2)c(I)c1)C(=O)Nc1ccc(OCc2ccccc2)cc1. The van der Waals surface area contributed by atoms with Gasteiger partial charge in [0, 0.05) is 5.69 Å². The van der Waals surface area contributed by atoms with Crippen molar-refractivity contribution in [1.29, 1.82) is 5.26 Å². The topological polar surface area (TPSA) is 71.3 Å². The van der Waals surface area contributed by atoms with Crippen molar-refractivity contribution in [3.63, 3.8) is 0 Å². The molecule has 0 unspecified atom stereocenters. The number of benzene rings is 4. The lowest BCUT2D eigenvalue weighted by Crippen LogP contribution is -2.13. The van der Waals surface area contributed by atoms with Gasteiger partial charge in [-0.1, -0.05) is 48.5 Å². The van der Waals surface area contributed by atoms with Crippen LogP contribution >= 0.6 is 22.6 Å². The average molecular weight is 604 g/mol. The standard InChI is InChI=1S/C30H22FIN2O3/c31-25-9-6-22(7-10-25)20-37-29-15-8-23(17-28(29)32)16-24(18-33)30(35)34-26-11-13-27(14-12-26)36-19-21-4-2-1-3-5-21/h1-17H,19-20H2,(H,34,35)/b24-16+. The van der Waals surface area contributed by atoms with Crippen molar-refractivity contribution in [2.24, 2.45) is 0 Å². The number of ether oxygens (including phenoxy) is 2. The van der Waals surface area contributed by atoms with Crippen molar-refractivity contribution in [2.75, 3.05) is 5.32 Å². The number of halogens is 2. The van der Waals surface area contributed by atoms with Gasteiger partial charge in [-0.25, -0.2) is 4.39 Å². The van der Waals surface area contributed by atoms with Crippen LogP contribution in [-0.4, -0.2) is 5.91 Å². The van der Waals surface area contributed by atoms with Crippen LogP contribution in [0.15, 0.2) is 103 Å². The molecule has 5 nitrogen and oxygen atoms in total. The van der Waals surface area contributed by atoms with Gasteiger partial charge >= 0.3 is 0 Å². The molecule has 7 heteroatoms. The van der Waals surface area contributed by atoms with E-state index in [-0.39, 0.29) is 11.4 Å². The van der Waals surface area contributed by atoms with Gasteiger partial charge in [-0.2, -0.15) is 5.26 Å². The van der Waals surface area contributed by atoms with Crippen LogP contribution in [-0.2, 0) is 18.0 Å². The van der Waals surface area contributed by atoms with Gasteiger partial charge in [0.15, 0.2) is 0 Å². The summed E-state index contributed by atoms with van der Waals surface area (Å²) in [5, 5.41) is 12.3. The molecule has 0 radical (unpaired) electrons. The Morgan fingerprint density at radius 3 is 2.24 bits per heavy atom. The Hall–Kier alpha value is -4.16. The zero-order valence-electron chi connectivity index (χ0n) is 19.7. The molecular weight excluding hydrogens is 582 g/mol. The molecule has 0 aromatic heterocycles. The normalized spacial score (nSPS) is 10.9. The quantitative estimate of drug-likeness (QED) is 0.125. The number of carbonyl (C=O) groups is 1. The van der Waals surface area contributed by atoms with Crippen molar-refractivity contribution < 1.29 is 18.7 Å². The van der Waals surface area contributed by atoms with E-state index in [2.05, 4.69) is 27.9 Å². The second-order valence-electron chi connectivity index (χ2n) is 8.03. The molecule has 37 heavy (non-hydrogen) atoms. The van der Waals surface area contributed by atoms with E-state index in [0.717, 1.165) is 14.7 Å². The second-order valence-corrected chi connectivity index (χ2v) is 9.19. The van der Waals surface area contributed by atoms with Gasteiger partial charge in [-0.05, 0) is 93.9 Å². The number of hydrogen-bond donors (Lipinski definition) is 1. The monoisotopic (exact) mass is 604 g/mol. The van der Waals surface area contributed by atoms with Crippen molar-refractivity contribution in [2.45, 2.75) is 13.2 Å². The maximum absolute atomic E-state index is 13.1. The number of nitrogens with zero attached hydrogens (tertiary/aromatic N) is 1. The maximum Gasteiger partial charge on any atom is 0.266 e. The summed E-state index contributed by atoms with van der Waals surface area (Å²) in [6, 6.07) is 30.3. The summed E-state index contributed by atoms with van der Waals surface area (Å²) in [4.78, 5) is 12.7. The highest BCUT2D eigenvalue weighted by Crippen LogP contribution is 2.25. The van der Waals surface area contributed by atoms with Crippen molar-refractivity contribution in [3.8, 4) is 17.6 Å². The minimum absolute atomic E-state index is 0.0276. The molecule has 0 aliphatic carbocycles. The third kappa shape index (κ3) is 7.66. The Kier molecular flexibility index (Phi) is 8.89. The summed E-state index contributed by atoms with van der Waals surface area (Å²) in [5.74, 6) is 0.526. The highest BCUT2D eigenvalue weighted by Gasteiger charge is 2.11. The van der Waals surface area contributed by atoms with E-state index in [1.54, 1.807) is 48.5 Å². The van der Waals surface area contributed by atoms with Crippen LogP contribution in [0.2, 0.25) is 0 Å². The number of nitrogens with one attached hydrogen (secondary N) is 1. The molecule has 4 aromatic carbocycles. The zero-order valence-corrected chi connectivity index (χ0v) is 21.8. The molecule has 0 aliphatic heterocycles. The summed E-state index contributed by atoms with van der Waals surface area (Å²) in [7, 11) is 0. The van der Waals surface area contributed by atoms with Gasteiger partial charge in [0.2, 0.25) is 0 Å². The van der Waals surface area contributed by atoms with Crippen molar-refractivity contribution >= 4 is 40.3 Å². The molecule has 0 fully saturated rings. The van der Waals surface area contributed by atoms with E-state index in [9.17, 15) is 14.4 Å². The summed E-state index contributed by atoms with van der Waals surface area (Å²) >= 11 is 2.13. The van der Waals surface area contributed by atoms with E-state index in [1.165, 1.54) is 18.2 Å². The van der Waals surface area contributed by atoms with E-state index < -0.39 is 5.91 Å². The Morgan fingerprint density at radius 2 is 1.57 bits per heavy atom. The Bertz CT molecular complexity index is 1430. The number of rotatable bonds is 9. The van der Waals surface area contributed by atoms with Crippen LogP contribution in [0.3, 0.4) is 0 Å². The molecule has 0 saturated carbocycles.